The van der Waals surface area contributed by atoms with Crippen molar-refractivity contribution in [3.63, 3.8) is 0 Å². The number of nitrogens with one attached hydrogen (secondary N) is 4. The summed E-state index contributed by atoms with van der Waals surface area (Å²) >= 11 is 0. The van der Waals surface area contributed by atoms with Crippen LogP contribution < -0.4 is 38.9 Å². The number of carboxylic acids is 1. The van der Waals surface area contributed by atoms with Crippen LogP contribution in [0.1, 0.15) is 43.4 Å². The second-order valence-electron chi connectivity index (χ2n) is 9.83. The Hall–Kier alpha value is -4.50. The quantitative estimate of drug-likeness (QED) is 0.0508. The second-order valence-corrected chi connectivity index (χ2v) is 9.83. The number of carboxylic acid groups (broad SMARTS) is 1. The number of aromatic amines is 1. The normalized spacial score (nSPS) is 13.7. The molecule has 0 aliphatic heterocycles. The molecule has 0 saturated heterocycles. The zero-order valence-corrected chi connectivity index (χ0v) is 23.5. The van der Waals surface area contributed by atoms with Gasteiger partial charge in [0.1, 0.15) is 18.1 Å². The van der Waals surface area contributed by atoms with Crippen LogP contribution >= 0.6 is 0 Å². The van der Waals surface area contributed by atoms with Gasteiger partial charge in [0.2, 0.25) is 17.7 Å². The number of hydrogen-bond acceptors (Lipinski definition) is 8. The summed E-state index contributed by atoms with van der Waals surface area (Å²) in [7, 11) is 0. The van der Waals surface area contributed by atoms with Gasteiger partial charge in [-0.25, -0.2) is 9.78 Å². The first-order chi connectivity index (χ1) is 20.1. The molecule has 230 valence electrons. The van der Waals surface area contributed by atoms with Crippen LogP contribution in [0.15, 0.2) is 47.8 Å². The molecule has 1 aromatic heterocycles. The predicted molar refractivity (Wildman–Crippen MR) is 157 cm³/mol. The maximum Gasteiger partial charge on any atom is 0.326 e. The number of nitrogens with two attached hydrogens (primary N) is 4. The van der Waals surface area contributed by atoms with E-state index in [9.17, 15) is 24.3 Å². The fourth-order valence-corrected chi connectivity index (χ4v) is 4.11. The maximum atomic E-state index is 13.6. The summed E-state index contributed by atoms with van der Waals surface area (Å²) in [5, 5.41) is 17.5. The molecule has 0 spiro atoms. The molecule has 1 aromatic carbocycles. The van der Waals surface area contributed by atoms with Gasteiger partial charge in [0, 0.05) is 31.3 Å². The molecule has 0 aliphatic rings. The van der Waals surface area contributed by atoms with Gasteiger partial charge >= 0.3 is 5.97 Å². The number of rotatable bonds is 19. The third-order valence-corrected chi connectivity index (χ3v) is 6.39. The first kappa shape index (κ1) is 33.7. The van der Waals surface area contributed by atoms with E-state index in [1.807, 2.05) is 6.07 Å². The number of benzene rings is 1. The molecule has 0 fully saturated rings. The summed E-state index contributed by atoms with van der Waals surface area (Å²) in [5.74, 6) is -3.16. The van der Waals surface area contributed by atoms with Gasteiger partial charge in [-0.3, -0.25) is 19.4 Å². The van der Waals surface area contributed by atoms with Crippen molar-refractivity contribution < 1.29 is 24.3 Å². The van der Waals surface area contributed by atoms with Crippen LogP contribution in [-0.2, 0) is 32.0 Å². The standard InChI is InChI=1S/C27H42N10O5/c28-11-5-4-10-20(26(41)42)35-25(40)22(14-18-15-32-16-34-18)37-24(39)21(13-17-7-2-1-3-8-17)36-23(38)19(29)9-6-12-33-27(30)31/h1-3,7-8,15-16,19-22H,4-6,9-14,28-29H2,(H,32,34)(H,35,40)(H,36,38)(H,37,39)(H,41,42)(H4,30,31,33). The Balaban J connectivity index is 2.20. The summed E-state index contributed by atoms with van der Waals surface area (Å²) in [6.45, 7) is 0.693. The lowest BCUT2D eigenvalue weighted by atomic mass is 10.0. The Bertz CT molecular complexity index is 1160. The highest BCUT2D eigenvalue weighted by Crippen LogP contribution is 2.08. The van der Waals surface area contributed by atoms with Gasteiger partial charge in [0.15, 0.2) is 5.96 Å². The van der Waals surface area contributed by atoms with Crippen molar-refractivity contribution in [3.05, 3.63) is 54.1 Å². The van der Waals surface area contributed by atoms with E-state index in [0.717, 1.165) is 5.56 Å². The van der Waals surface area contributed by atoms with Gasteiger partial charge in [-0.1, -0.05) is 30.3 Å². The summed E-state index contributed by atoms with van der Waals surface area (Å²) in [6, 6.07) is 4.67. The topological polar surface area (TPSA) is 270 Å². The van der Waals surface area contributed by atoms with Crippen LogP contribution in [0.3, 0.4) is 0 Å². The lowest BCUT2D eigenvalue weighted by molar-refractivity contribution is -0.142. The van der Waals surface area contributed by atoms with Crippen molar-refractivity contribution in [3.8, 4) is 0 Å². The maximum absolute atomic E-state index is 13.6. The fourth-order valence-electron chi connectivity index (χ4n) is 4.11. The number of hydrogen-bond donors (Lipinski definition) is 9. The number of nitrogens with zero attached hydrogens (tertiary/aromatic N) is 2. The number of carbonyl (C=O) groups excluding carboxylic acids is 3. The van der Waals surface area contributed by atoms with Crippen molar-refractivity contribution in [1.29, 1.82) is 0 Å². The number of unbranched alkanes of at least 4 members (excludes halogenated alkanes) is 1. The highest BCUT2D eigenvalue weighted by atomic mass is 16.4. The number of aliphatic imine (C=N–C) groups is 1. The van der Waals surface area contributed by atoms with Crippen LogP contribution in [0.25, 0.3) is 0 Å². The molecule has 1 heterocycles. The first-order valence-electron chi connectivity index (χ1n) is 13.8. The van der Waals surface area contributed by atoms with Crippen LogP contribution in [0.5, 0.6) is 0 Å². The molecule has 15 nitrogen and oxygen atoms in total. The Morgan fingerprint density at radius 3 is 2.12 bits per heavy atom. The van der Waals surface area contributed by atoms with E-state index in [0.29, 0.717) is 38.0 Å². The smallest absolute Gasteiger partial charge is 0.326 e. The second kappa shape index (κ2) is 18.0. The van der Waals surface area contributed by atoms with E-state index in [1.165, 1.54) is 12.5 Å². The van der Waals surface area contributed by atoms with Crippen molar-refractivity contribution in [2.24, 2.45) is 27.9 Å². The Labute approximate surface area is 244 Å². The van der Waals surface area contributed by atoms with Crippen LogP contribution in [0.2, 0.25) is 0 Å². The minimum Gasteiger partial charge on any atom is -0.480 e. The predicted octanol–water partition coefficient (Wildman–Crippen LogP) is -1.76. The first-order valence-corrected chi connectivity index (χ1v) is 13.8. The van der Waals surface area contributed by atoms with Crippen molar-refractivity contribution in [2.45, 2.75) is 69.1 Å². The average Bonchev–Trinajstić information content (AvgIpc) is 3.47. The minimum absolute atomic E-state index is 0.00300. The summed E-state index contributed by atoms with van der Waals surface area (Å²) in [6.07, 6.45) is 5.04. The molecule has 2 aromatic rings. The number of aromatic nitrogens is 2. The van der Waals surface area contributed by atoms with E-state index in [-0.39, 0.29) is 31.6 Å². The highest BCUT2D eigenvalue weighted by molar-refractivity contribution is 5.94. The number of aliphatic carboxylic acids is 1. The van der Waals surface area contributed by atoms with Gasteiger partial charge in [-0.15, -0.1) is 0 Å². The molecule has 13 N–H and O–H groups in total. The molecule has 0 bridgehead atoms. The molecular formula is C27H42N10O5. The van der Waals surface area contributed by atoms with E-state index in [4.69, 9.17) is 22.9 Å². The Morgan fingerprint density at radius 1 is 0.881 bits per heavy atom. The van der Waals surface area contributed by atoms with Gasteiger partial charge in [0.05, 0.1) is 12.4 Å². The zero-order valence-electron chi connectivity index (χ0n) is 23.5. The van der Waals surface area contributed by atoms with Crippen LogP contribution in [-0.4, -0.2) is 82.0 Å². The number of guanidine groups is 1. The molecular weight excluding hydrogens is 544 g/mol. The Morgan fingerprint density at radius 2 is 1.52 bits per heavy atom. The third kappa shape index (κ3) is 12.3. The third-order valence-electron chi connectivity index (χ3n) is 6.39. The van der Waals surface area contributed by atoms with Gasteiger partial charge < -0.3 is 49.0 Å². The van der Waals surface area contributed by atoms with Gasteiger partial charge in [0.25, 0.3) is 0 Å². The molecule has 4 unspecified atom stereocenters. The minimum atomic E-state index is -1.20. The molecule has 0 saturated carbocycles. The lowest BCUT2D eigenvalue weighted by Crippen LogP contribution is -2.58. The molecule has 0 radical (unpaired) electrons. The van der Waals surface area contributed by atoms with E-state index >= 15 is 0 Å². The highest BCUT2D eigenvalue weighted by Gasteiger charge is 2.31. The van der Waals surface area contributed by atoms with E-state index < -0.39 is 47.9 Å². The van der Waals surface area contributed by atoms with E-state index in [2.05, 4.69) is 30.9 Å². The largest absolute Gasteiger partial charge is 0.480 e. The number of carbonyl (C=O) groups is 4. The fraction of sp³-hybridized carbons (Fsp3) is 0.481. The molecule has 0 aliphatic carbocycles. The summed E-state index contributed by atoms with van der Waals surface area (Å²) in [4.78, 5) is 62.2. The molecule has 2 rings (SSSR count). The molecule has 4 atom stereocenters. The van der Waals surface area contributed by atoms with Crippen LogP contribution in [0.4, 0.5) is 0 Å². The Kier molecular flexibility index (Phi) is 14.5. The van der Waals surface area contributed by atoms with Crippen molar-refractivity contribution in [1.82, 2.24) is 25.9 Å². The molecule has 3 amide bonds. The van der Waals surface area contributed by atoms with Crippen LogP contribution in [0, 0.1) is 0 Å². The number of imidazole rings is 1. The number of H-pyrrole nitrogens is 1. The number of amides is 3. The summed E-state index contributed by atoms with van der Waals surface area (Å²) in [5.41, 5.74) is 23.5. The van der Waals surface area contributed by atoms with Crippen molar-refractivity contribution >= 4 is 29.7 Å². The lowest BCUT2D eigenvalue weighted by Gasteiger charge is -2.25. The van der Waals surface area contributed by atoms with Gasteiger partial charge in [-0.05, 0) is 44.2 Å². The van der Waals surface area contributed by atoms with Gasteiger partial charge in [-0.2, -0.15) is 0 Å². The summed E-state index contributed by atoms with van der Waals surface area (Å²) < 4.78 is 0. The zero-order chi connectivity index (χ0) is 30.9. The molecule has 42 heavy (non-hydrogen) atoms. The van der Waals surface area contributed by atoms with E-state index in [1.54, 1.807) is 24.3 Å². The van der Waals surface area contributed by atoms with Crippen molar-refractivity contribution in [2.75, 3.05) is 13.1 Å². The average molecular weight is 587 g/mol. The SMILES string of the molecule is NCCCCC(NC(=O)C(Cc1cnc[nH]1)NC(=O)C(Cc1ccccc1)NC(=O)C(N)CCCN=C(N)N)C(=O)O. The molecule has 15 heteroatoms. The monoisotopic (exact) mass is 586 g/mol.